The first-order chi connectivity index (χ1) is 10.7. The molecule has 2 N–H and O–H groups in total. The predicted octanol–water partition coefficient (Wildman–Crippen LogP) is 3.53. The second-order valence-electron chi connectivity index (χ2n) is 5.47. The number of nitrogens with zero attached hydrogens (tertiary/aromatic N) is 3. The molecule has 0 saturated heterocycles. The molecule has 0 radical (unpaired) electrons. The number of aromatic nitrogens is 3. The highest BCUT2D eigenvalue weighted by molar-refractivity contribution is 7.15. The van der Waals surface area contributed by atoms with E-state index < -0.39 is 0 Å². The van der Waals surface area contributed by atoms with Crippen molar-refractivity contribution < 1.29 is 4.79 Å². The number of aryl methyl sites for hydroxylation is 2. The van der Waals surface area contributed by atoms with Gasteiger partial charge in [0.2, 0.25) is 5.13 Å². The highest BCUT2D eigenvalue weighted by Gasteiger charge is 2.35. The molecule has 0 spiro atoms. The number of carbonyl (C=O) groups is 1. The van der Waals surface area contributed by atoms with Crippen molar-refractivity contribution in [3.63, 3.8) is 0 Å². The van der Waals surface area contributed by atoms with Gasteiger partial charge in [-0.2, -0.15) is 0 Å². The number of carbonyl (C=O) groups excluding carboxylic acids is 1. The van der Waals surface area contributed by atoms with E-state index in [1.807, 2.05) is 13.1 Å². The second-order valence-corrected chi connectivity index (χ2v) is 7.80. The summed E-state index contributed by atoms with van der Waals surface area (Å²) in [5.74, 6) is 0.501. The molecule has 2 heterocycles. The third-order valence-electron chi connectivity index (χ3n) is 3.44. The molecule has 2 aromatic heterocycles. The summed E-state index contributed by atoms with van der Waals surface area (Å²) in [6, 6.07) is -0.231. The van der Waals surface area contributed by atoms with E-state index in [9.17, 15) is 4.79 Å². The zero-order chi connectivity index (χ0) is 15.5. The van der Waals surface area contributed by atoms with Crippen LogP contribution in [0.3, 0.4) is 0 Å². The lowest BCUT2D eigenvalue weighted by Crippen LogP contribution is -2.33. The summed E-state index contributed by atoms with van der Waals surface area (Å²) >= 11 is 3.07. The third-order valence-corrected chi connectivity index (χ3v) is 5.33. The quantitative estimate of drug-likeness (QED) is 0.845. The van der Waals surface area contributed by atoms with Crippen molar-refractivity contribution in [3.8, 4) is 0 Å². The smallest absolute Gasteiger partial charge is 0.321 e. The largest absolute Gasteiger partial charge is 0.328 e. The maximum atomic E-state index is 12.2. The Bertz CT molecular complexity index is 649. The fraction of sp³-hybridized carbons (Fsp3) is 0.571. The Labute approximate surface area is 137 Å². The molecule has 8 heteroatoms. The van der Waals surface area contributed by atoms with E-state index in [0.717, 1.165) is 40.6 Å². The average Bonchev–Trinajstić information content (AvgIpc) is 3.09. The molecule has 0 aliphatic heterocycles. The topological polar surface area (TPSA) is 79.8 Å². The van der Waals surface area contributed by atoms with Crippen LogP contribution in [0.1, 0.15) is 47.1 Å². The van der Waals surface area contributed by atoms with Gasteiger partial charge < -0.3 is 5.32 Å². The molecule has 1 fully saturated rings. The number of hydrogen-bond donors (Lipinski definition) is 2. The summed E-state index contributed by atoms with van der Waals surface area (Å²) in [4.78, 5) is 17.8. The number of rotatable bonds is 6. The van der Waals surface area contributed by atoms with Gasteiger partial charge >= 0.3 is 6.03 Å². The van der Waals surface area contributed by atoms with E-state index in [-0.39, 0.29) is 12.1 Å². The maximum absolute atomic E-state index is 12.2. The fourth-order valence-electron chi connectivity index (χ4n) is 2.22. The van der Waals surface area contributed by atoms with E-state index in [1.54, 1.807) is 11.3 Å². The fourth-order valence-corrected chi connectivity index (χ4v) is 3.98. The van der Waals surface area contributed by atoms with Crippen LogP contribution >= 0.6 is 22.7 Å². The Morgan fingerprint density at radius 3 is 2.86 bits per heavy atom. The van der Waals surface area contributed by atoms with Crippen LogP contribution in [-0.4, -0.2) is 21.2 Å². The van der Waals surface area contributed by atoms with Crippen molar-refractivity contribution in [1.82, 2.24) is 20.5 Å². The Morgan fingerprint density at radius 2 is 2.23 bits per heavy atom. The predicted molar refractivity (Wildman–Crippen MR) is 88.4 cm³/mol. The normalized spacial score (nSPS) is 15.5. The van der Waals surface area contributed by atoms with Crippen molar-refractivity contribution in [3.05, 3.63) is 21.1 Å². The number of amides is 2. The monoisotopic (exact) mass is 337 g/mol. The molecule has 118 valence electrons. The van der Waals surface area contributed by atoms with Crippen molar-refractivity contribution in [2.24, 2.45) is 5.92 Å². The standard InChI is InChI=1S/C14H19N5OS2/c1-3-4-10-18-19-14(22-10)17-13(20)16-11(9-5-6-9)12-15-7-8(2)21-12/h7,9,11H,3-6H2,1-2H3,(H2,16,17,19,20)/t11-/m0/s1. The molecule has 1 saturated carbocycles. The summed E-state index contributed by atoms with van der Waals surface area (Å²) in [6.45, 7) is 4.12. The van der Waals surface area contributed by atoms with Gasteiger partial charge in [-0.3, -0.25) is 5.32 Å². The number of hydrogen-bond acceptors (Lipinski definition) is 6. The first-order valence-electron chi connectivity index (χ1n) is 7.48. The molecular formula is C14H19N5OS2. The van der Waals surface area contributed by atoms with Gasteiger partial charge in [0.05, 0.1) is 6.04 Å². The number of anilines is 1. The Hall–Kier alpha value is -1.54. The van der Waals surface area contributed by atoms with E-state index in [4.69, 9.17) is 0 Å². The zero-order valence-corrected chi connectivity index (χ0v) is 14.3. The van der Waals surface area contributed by atoms with Crippen molar-refractivity contribution in [2.75, 3.05) is 5.32 Å². The lowest BCUT2D eigenvalue weighted by Gasteiger charge is -2.15. The van der Waals surface area contributed by atoms with Gasteiger partial charge in [0.1, 0.15) is 10.0 Å². The lowest BCUT2D eigenvalue weighted by molar-refractivity contribution is 0.247. The van der Waals surface area contributed by atoms with Crippen LogP contribution in [0, 0.1) is 12.8 Å². The summed E-state index contributed by atoms with van der Waals surface area (Å²) in [5.41, 5.74) is 0. The Balaban J connectivity index is 1.61. The minimum Gasteiger partial charge on any atom is -0.328 e. The maximum Gasteiger partial charge on any atom is 0.321 e. The van der Waals surface area contributed by atoms with Gasteiger partial charge in [0.15, 0.2) is 0 Å². The molecule has 0 aromatic carbocycles. The molecule has 6 nitrogen and oxygen atoms in total. The molecule has 2 amide bonds. The van der Waals surface area contributed by atoms with E-state index in [1.165, 1.54) is 11.3 Å². The van der Waals surface area contributed by atoms with Gasteiger partial charge in [-0.1, -0.05) is 18.3 Å². The molecule has 22 heavy (non-hydrogen) atoms. The highest BCUT2D eigenvalue weighted by atomic mass is 32.1. The average molecular weight is 337 g/mol. The summed E-state index contributed by atoms with van der Waals surface area (Å²) in [7, 11) is 0. The SMILES string of the molecule is CCCc1nnc(NC(=O)N[C@H](c2ncc(C)s2)C2CC2)s1. The van der Waals surface area contributed by atoms with Gasteiger partial charge in [0, 0.05) is 17.5 Å². The lowest BCUT2D eigenvalue weighted by atomic mass is 10.2. The molecule has 0 unspecified atom stereocenters. The van der Waals surface area contributed by atoms with Crippen LogP contribution < -0.4 is 10.6 Å². The third kappa shape index (κ3) is 3.80. The van der Waals surface area contributed by atoms with Crippen molar-refractivity contribution >= 4 is 33.8 Å². The number of thiazole rings is 1. The summed E-state index contributed by atoms with van der Waals surface area (Å²) in [6.07, 6.45) is 6.06. The minimum atomic E-state index is -0.232. The van der Waals surface area contributed by atoms with E-state index >= 15 is 0 Å². The Kier molecular flexibility index (Phi) is 4.68. The van der Waals surface area contributed by atoms with E-state index in [0.29, 0.717) is 11.0 Å². The molecule has 0 bridgehead atoms. The first kappa shape index (κ1) is 15.4. The molecule has 1 aliphatic carbocycles. The van der Waals surface area contributed by atoms with E-state index in [2.05, 4.69) is 32.7 Å². The van der Waals surface area contributed by atoms with Gasteiger partial charge in [-0.15, -0.1) is 21.5 Å². The molecular weight excluding hydrogens is 318 g/mol. The van der Waals surface area contributed by atoms with Gasteiger partial charge in [-0.25, -0.2) is 9.78 Å². The molecule has 1 atom stereocenters. The molecule has 3 rings (SSSR count). The van der Waals surface area contributed by atoms with Crippen LogP contribution in [0.4, 0.5) is 9.93 Å². The van der Waals surface area contributed by atoms with Crippen LogP contribution in [-0.2, 0) is 6.42 Å². The Morgan fingerprint density at radius 1 is 1.41 bits per heavy atom. The van der Waals surface area contributed by atoms with Crippen LogP contribution in [0.2, 0.25) is 0 Å². The van der Waals surface area contributed by atoms with Crippen LogP contribution in [0.15, 0.2) is 6.20 Å². The molecule has 1 aliphatic rings. The van der Waals surface area contributed by atoms with Crippen molar-refractivity contribution in [2.45, 2.75) is 45.6 Å². The number of nitrogens with one attached hydrogen (secondary N) is 2. The van der Waals surface area contributed by atoms with Crippen LogP contribution in [0.5, 0.6) is 0 Å². The highest BCUT2D eigenvalue weighted by Crippen LogP contribution is 2.42. The van der Waals surface area contributed by atoms with Crippen LogP contribution in [0.25, 0.3) is 0 Å². The number of urea groups is 1. The summed E-state index contributed by atoms with van der Waals surface area (Å²) < 4.78 is 0. The second kappa shape index (κ2) is 6.70. The summed E-state index contributed by atoms with van der Waals surface area (Å²) in [5, 5.41) is 16.4. The van der Waals surface area contributed by atoms with Crippen molar-refractivity contribution in [1.29, 1.82) is 0 Å². The van der Waals surface area contributed by atoms with Gasteiger partial charge in [0.25, 0.3) is 0 Å². The molecule has 2 aromatic rings. The van der Waals surface area contributed by atoms with Gasteiger partial charge in [-0.05, 0) is 32.1 Å². The zero-order valence-electron chi connectivity index (χ0n) is 12.6. The minimum absolute atomic E-state index is 0.00161. The first-order valence-corrected chi connectivity index (χ1v) is 9.11.